The van der Waals surface area contributed by atoms with E-state index in [9.17, 15) is 9.59 Å². The van der Waals surface area contributed by atoms with Crippen molar-refractivity contribution in [3.63, 3.8) is 0 Å². The Morgan fingerprint density at radius 1 is 1.14 bits per heavy atom. The average molecular weight is 398 g/mol. The van der Waals surface area contributed by atoms with Gasteiger partial charge in [-0.2, -0.15) is 0 Å². The fraction of sp³-hybridized carbons (Fsp3) is 0.400. The number of carbonyl (C=O) groups excluding carboxylic acids is 1. The lowest BCUT2D eigenvalue weighted by Crippen LogP contribution is -2.50. The number of hydrogen-bond acceptors (Lipinski definition) is 6. The second kappa shape index (κ2) is 7.35. The number of hydrogen-bond donors (Lipinski definition) is 0. The van der Waals surface area contributed by atoms with Gasteiger partial charge in [-0.05, 0) is 38.5 Å². The summed E-state index contributed by atoms with van der Waals surface area (Å²) in [5, 5.41) is 1.00. The third-order valence-corrected chi connectivity index (χ3v) is 6.34. The van der Waals surface area contributed by atoms with Gasteiger partial charge in [-0.25, -0.2) is 9.97 Å². The van der Waals surface area contributed by atoms with Crippen LogP contribution in [0.3, 0.4) is 0 Å². The van der Waals surface area contributed by atoms with Crippen LogP contribution in [-0.4, -0.2) is 51.5 Å². The van der Waals surface area contributed by atoms with Crippen LogP contribution >= 0.6 is 11.3 Å². The molecule has 1 aromatic carbocycles. The molecule has 0 unspecified atom stereocenters. The number of benzene rings is 1. The number of carbonyl (C=O) groups is 1. The van der Waals surface area contributed by atoms with Crippen LogP contribution in [0.4, 0.5) is 5.13 Å². The summed E-state index contributed by atoms with van der Waals surface area (Å²) in [6.45, 7) is 8.39. The van der Waals surface area contributed by atoms with Gasteiger partial charge in [0.2, 0.25) is 5.91 Å². The Bertz CT molecular complexity index is 1100. The molecule has 0 N–H and O–H groups in total. The molecule has 1 aliphatic rings. The highest BCUT2D eigenvalue weighted by molar-refractivity contribution is 7.22. The number of anilines is 1. The van der Waals surface area contributed by atoms with Gasteiger partial charge in [0.15, 0.2) is 5.13 Å². The van der Waals surface area contributed by atoms with E-state index in [1.807, 2.05) is 4.90 Å². The molecule has 0 spiro atoms. The highest BCUT2D eigenvalue weighted by Gasteiger charge is 2.23. The van der Waals surface area contributed by atoms with Crippen LogP contribution in [0.15, 0.2) is 29.3 Å². The molecule has 0 bridgehead atoms. The van der Waals surface area contributed by atoms with E-state index in [0.29, 0.717) is 24.3 Å². The number of nitrogens with zero attached hydrogens (tertiary/aromatic N) is 5. The van der Waals surface area contributed by atoms with Gasteiger partial charge < -0.3 is 9.80 Å². The van der Waals surface area contributed by atoms with Gasteiger partial charge in [0, 0.05) is 37.4 Å². The van der Waals surface area contributed by atoms with Gasteiger partial charge in [0.25, 0.3) is 5.56 Å². The summed E-state index contributed by atoms with van der Waals surface area (Å²) in [6, 6.07) is 6.29. The highest BCUT2D eigenvalue weighted by atomic mass is 32.1. The molecule has 1 saturated heterocycles. The smallest absolute Gasteiger partial charge is 0.256 e. The summed E-state index contributed by atoms with van der Waals surface area (Å²) in [7, 11) is 0. The first-order valence-corrected chi connectivity index (χ1v) is 10.2. The van der Waals surface area contributed by atoms with Crippen molar-refractivity contribution in [2.45, 2.75) is 27.3 Å². The van der Waals surface area contributed by atoms with Crippen LogP contribution in [0.25, 0.3) is 10.2 Å². The second-order valence-corrected chi connectivity index (χ2v) is 8.23. The van der Waals surface area contributed by atoms with E-state index >= 15 is 0 Å². The van der Waals surface area contributed by atoms with Gasteiger partial charge in [-0.15, -0.1) is 0 Å². The lowest BCUT2D eigenvalue weighted by atomic mass is 10.2. The number of thiazole rings is 1. The predicted octanol–water partition coefficient (Wildman–Crippen LogP) is 2.13. The number of aryl methyl sites for hydroxylation is 2. The maximum atomic E-state index is 12.6. The molecule has 0 aliphatic carbocycles. The first-order valence-electron chi connectivity index (χ1n) is 9.35. The van der Waals surface area contributed by atoms with Crippen LogP contribution in [0, 0.1) is 20.8 Å². The number of aromatic nitrogens is 3. The molecule has 1 amide bonds. The third kappa shape index (κ3) is 3.52. The second-order valence-electron chi connectivity index (χ2n) is 7.22. The van der Waals surface area contributed by atoms with Crippen LogP contribution in [-0.2, 0) is 11.3 Å². The maximum absolute atomic E-state index is 12.6. The van der Waals surface area contributed by atoms with Crippen molar-refractivity contribution in [2.24, 2.45) is 0 Å². The van der Waals surface area contributed by atoms with Crippen molar-refractivity contribution in [3.8, 4) is 0 Å². The van der Waals surface area contributed by atoms with E-state index in [2.05, 4.69) is 35.0 Å². The Labute approximate surface area is 167 Å². The molecule has 0 atom stereocenters. The highest BCUT2D eigenvalue weighted by Crippen LogP contribution is 2.30. The molecule has 0 saturated carbocycles. The quantitative estimate of drug-likeness (QED) is 0.677. The minimum Gasteiger partial charge on any atom is -0.345 e. The predicted molar refractivity (Wildman–Crippen MR) is 111 cm³/mol. The molecule has 1 fully saturated rings. The maximum Gasteiger partial charge on any atom is 0.256 e. The number of amides is 1. The van der Waals surface area contributed by atoms with Gasteiger partial charge in [0.05, 0.1) is 16.5 Å². The summed E-state index contributed by atoms with van der Waals surface area (Å²) in [4.78, 5) is 37.9. The summed E-state index contributed by atoms with van der Waals surface area (Å²) in [5.74, 6) is -0.0493. The average Bonchev–Trinajstić information content (AvgIpc) is 3.11. The number of fused-ring (bicyclic) bond motifs is 1. The van der Waals surface area contributed by atoms with E-state index in [0.717, 1.165) is 23.7 Å². The van der Waals surface area contributed by atoms with Gasteiger partial charge in [-0.1, -0.05) is 17.4 Å². The molecule has 146 valence electrons. The van der Waals surface area contributed by atoms with Crippen LogP contribution < -0.4 is 10.5 Å². The molecule has 7 nitrogen and oxygen atoms in total. The molecule has 3 aromatic rings. The van der Waals surface area contributed by atoms with Gasteiger partial charge in [0.1, 0.15) is 6.54 Å². The van der Waals surface area contributed by atoms with E-state index < -0.39 is 0 Å². The topological polar surface area (TPSA) is 71.3 Å². The monoisotopic (exact) mass is 397 g/mol. The zero-order valence-electron chi connectivity index (χ0n) is 16.3. The third-order valence-electron chi connectivity index (χ3n) is 5.26. The molecule has 2 aromatic heterocycles. The molecule has 8 heteroatoms. The summed E-state index contributed by atoms with van der Waals surface area (Å²) < 4.78 is 2.59. The van der Waals surface area contributed by atoms with E-state index in [1.165, 1.54) is 21.2 Å². The van der Waals surface area contributed by atoms with E-state index in [1.54, 1.807) is 25.2 Å². The zero-order chi connectivity index (χ0) is 19.8. The Hall–Kier alpha value is -2.74. The number of rotatable bonds is 3. The fourth-order valence-electron chi connectivity index (χ4n) is 3.34. The standard InChI is InChI=1S/C20H23N5O2S/c1-13-4-5-16-17(10-13)28-20(22-16)24-8-6-23(7-9-24)18(26)11-25-12-21-15(3)14(2)19(25)27/h4-5,10,12H,6-9,11H2,1-3H3. The summed E-state index contributed by atoms with van der Waals surface area (Å²) >= 11 is 1.69. The van der Waals surface area contributed by atoms with E-state index in [4.69, 9.17) is 4.98 Å². The largest absolute Gasteiger partial charge is 0.345 e. The molecule has 3 heterocycles. The Balaban J connectivity index is 1.41. The SMILES string of the molecule is Cc1ccc2nc(N3CCN(C(=O)Cn4cnc(C)c(C)c4=O)CC3)sc2c1. The molecule has 1 aliphatic heterocycles. The molecule has 0 radical (unpaired) electrons. The van der Waals surface area contributed by atoms with Crippen LogP contribution in [0.5, 0.6) is 0 Å². The minimum absolute atomic E-state index is 0.0351. The lowest BCUT2D eigenvalue weighted by Gasteiger charge is -2.34. The van der Waals surface area contributed by atoms with Gasteiger partial charge in [-0.3, -0.25) is 14.2 Å². The summed E-state index contributed by atoms with van der Waals surface area (Å²) in [5.41, 5.74) is 3.39. The molecule has 28 heavy (non-hydrogen) atoms. The van der Waals surface area contributed by atoms with Crippen molar-refractivity contribution in [3.05, 3.63) is 51.7 Å². The normalized spacial score (nSPS) is 14.7. The zero-order valence-corrected chi connectivity index (χ0v) is 17.1. The summed E-state index contributed by atoms with van der Waals surface area (Å²) in [6.07, 6.45) is 1.46. The minimum atomic E-state index is -0.149. The van der Waals surface area contributed by atoms with E-state index in [-0.39, 0.29) is 18.0 Å². The van der Waals surface area contributed by atoms with Crippen LogP contribution in [0.2, 0.25) is 0 Å². The number of piperazine rings is 1. The Morgan fingerprint density at radius 2 is 1.89 bits per heavy atom. The van der Waals surface area contributed by atoms with Crippen molar-refractivity contribution >= 4 is 32.6 Å². The molecular formula is C20H23N5O2S. The van der Waals surface area contributed by atoms with Crippen LogP contribution in [0.1, 0.15) is 16.8 Å². The lowest BCUT2D eigenvalue weighted by molar-refractivity contribution is -0.132. The van der Waals surface area contributed by atoms with Crippen molar-refractivity contribution in [1.82, 2.24) is 19.4 Å². The first kappa shape index (κ1) is 18.6. The Kier molecular flexibility index (Phi) is 4.89. The van der Waals surface area contributed by atoms with Crippen molar-refractivity contribution < 1.29 is 4.79 Å². The van der Waals surface area contributed by atoms with Gasteiger partial charge >= 0.3 is 0 Å². The Morgan fingerprint density at radius 3 is 2.64 bits per heavy atom. The molecular weight excluding hydrogens is 374 g/mol. The first-order chi connectivity index (χ1) is 13.4. The van der Waals surface area contributed by atoms with Crippen molar-refractivity contribution in [1.29, 1.82) is 0 Å². The molecule has 4 rings (SSSR count). The van der Waals surface area contributed by atoms with Crippen molar-refractivity contribution in [2.75, 3.05) is 31.1 Å². The fourth-order valence-corrected chi connectivity index (χ4v) is 4.45.